The molecule has 1 amide bonds. The summed E-state index contributed by atoms with van der Waals surface area (Å²) in [5.41, 5.74) is -0.759. The van der Waals surface area contributed by atoms with Crippen molar-refractivity contribution in [1.29, 1.82) is 0 Å². The van der Waals surface area contributed by atoms with Crippen LogP contribution in [0.4, 0.5) is 0 Å². The molecule has 0 radical (unpaired) electrons. The molecule has 0 spiro atoms. The predicted molar refractivity (Wildman–Crippen MR) is 85.2 cm³/mol. The summed E-state index contributed by atoms with van der Waals surface area (Å²) < 4.78 is 6.37. The van der Waals surface area contributed by atoms with E-state index in [9.17, 15) is 9.90 Å². The van der Waals surface area contributed by atoms with E-state index < -0.39 is 5.60 Å². The molecule has 2 N–H and O–H groups in total. The molecule has 21 heavy (non-hydrogen) atoms. The van der Waals surface area contributed by atoms with Gasteiger partial charge in [0.15, 0.2) is 6.61 Å². The molecule has 0 aromatic heterocycles. The third-order valence-corrected chi connectivity index (χ3v) is 4.39. The molecular formula is C16H22BrNO3. The zero-order valence-electron chi connectivity index (χ0n) is 12.3. The van der Waals surface area contributed by atoms with Crippen LogP contribution in [-0.2, 0) is 4.79 Å². The molecule has 1 aliphatic carbocycles. The first-order valence-corrected chi connectivity index (χ1v) is 8.14. The Balaban J connectivity index is 1.73. The van der Waals surface area contributed by atoms with E-state index >= 15 is 0 Å². The average Bonchev–Trinajstić information content (AvgIpc) is 2.44. The third kappa shape index (κ3) is 5.32. The molecule has 4 nitrogen and oxygen atoms in total. The van der Waals surface area contributed by atoms with Crippen molar-refractivity contribution >= 4 is 21.8 Å². The number of nitrogens with one attached hydrogen (secondary N) is 1. The van der Waals surface area contributed by atoms with E-state index in [0.717, 1.165) is 30.2 Å². The number of aliphatic hydroxyl groups is 1. The summed E-state index contributed by atoms with van der Waals surface area (Å²) in [6.07, 6.45) is 3.68. The topological polar surface area (TPSA) is 58.6 Å². The Morgan fingerprint density at radius 2 is 2.19 bits per heavy atom. The minimum absolute atomic E-state index is 0.0345. The van der Waals surface area contributed by atoms with Crippen LogP contribution < -0.4 is 10.1 Å². The lowest BCUT2D eigenvalue weighted by molar-refractivity contribution is -0.125. The fourth-order valence-corrected chi connectivity index (χ4v) is 3.05. The standard InChI is InChI=1S/C16H22BrNO3/c1-12-3-2-8-16(20,9-12)11-18-15(19)10-21-14-6-4-13(17)5-7-14/h4-7,12,20H,2-3,8-11H2,1H3,(H,18,19). The van der Waals surface area contributed by atoms with Crippen molar-refractivity contribution in [3.8, 4) is 5.75 Å². The monoisotopic (exact) mass is 355 g/mol. The quantitative estimate of drug-likeness (QED) is 0.853. The lowest BCUT2D eigenvalue weighted by atomic mass is 9.79. The number of hydrogen-bond acceptors (Lipinski definition) is 3. The smallest absolute Gasteiger partial charge is 0.258 e. The second-order valence-electron chi connectivity index (χ2n) is 5.95. The van der Waals surface area contributed by atoms with Gasteiger partial charge in [0.25, 0.3) is 5.91 Å². The van der Waals surface area contributed by atoms with Crippen molar-refractivity contribution in [2.24, 2.45) is 5.92 Å². The Hall–Kier alpha value is -1.07. The summed E-state index contributed by atoms with van der Waals surface area (Å²) in [4.78, 5) is 11.8. The van der Waals surface area contributed by atoms with E-state index in [0.29, 0.717) is 18.2 Å². The zero-order valence-corrected chi connectivity index (χ0v) is 13.9. The Morgan fingerprint density at radius 3 is 2.86 bits per heavy atom. The van der Waals surface area contributed by atoms with Gasteiger partial charge in [-0.1, -0.05) is 35.7 Å². The van der Waals surface area contributed by atoms with Crippen LogP contribution in [0, 0.1) is 5.92 Å². The molecule has 2 unspecified atom stereocenters. The van der Waals surface area contributed by atoms with Gasteiger partial charge in [0.05, 0.1) is 5.60 Å². The highest BCUT2D eigenvalue weighted by atomic mass is 79.9. The largest absolute Gasteiger partial charge is 0.484 e. The van der Waals surface area contributed by atoms with Gasteiger partial charge in [0.2, 0.25) is 0 Å². The number of amides is 1. The molecule has 2 rings (SSSR count). The Labute approximate surface area is 134 Å². The van der Waals surface area contributed by atoms with E-state index in [-0.39, 0.29) is 12.5 Å². The lowest BCUT2D eigenvalue weighted by Crippen LogP contribution is -2.46. The normalized spacial score (nSPS) is 25.4. The van der Waals surface area contributed by atoms with Crippen LogP contribution in [0.15, 0.2) is 28.7 Å². The Morgan fingerprint density at radius 1 is 1.48 bits per heavy atom. The van der Waals surface area contributed by atoms with Crippen molar-refractivity contribution in [3.05, 3.63) is 28.7 Å². The van der Waals surface area contributed by atoms with Crippen molar-refractivity contribution in [2.75, 3.05) is 13.2 Å². The Bertz CT molecular complexity index is 477. The number of rotatable bonds is 5. The van der Waals surface area contributed by atoms with Crippen LogP contribution >= 0.6 is 15.9 Å². The molecule has 0 saturated heterocycles. The number of carbonyl (C=O) groups is 1. The maximum Gasteiger partial charge on any atom is 0.258 e. The van der Waals surface area contributed by atoms with Gasteiger partial charge in [0, 0.05) is 11.0 Å². The Kier molecular flexibility index (Phi) is 5.65. The van der Waals surface area contributed by atoms with Gasteiger partial charge >= 0.3 is 0 Å². The molecule has 5 heteroatoms. The SMILES string of the molecule is CC1CCCC(O)(CNC(=O)COc2ccc(Br)cc2)C1. The molecule has 0 bridgehead atoms. The van der Waals surface area contributed by atoms with E-state index in [2.05, 4.69) is 28.2 Å². The van der Waals surface area contributed by atoms with Gasteiger partial charge in [-0.3, -0.25) is 4.79 Å². The van der Waals surface area contributed by atoms with Gasteiger partial charge in [-0.05, 0) is 43.0 Å². The van der Waals surface area contributed by atoms with Crippen LogP contribution in [-0.4, -0.2) is 29.8 Å². The molecule has 116 valence electrons. The molecular weight excluding hydrogens is 334 g/mol. The van der Waals surface area contributed by atoms with Crippen LogP contribution in [0.2, 0.25) is 0 Å². The summed E-state index contributed by atoms with van der Waals surface area (Å²) in [5.74, 6) is 0.961. The van der Waals surface area contributed by atoms with E-state index in [1.807, 2.05) is 12.1 Å². The van der Waals surface area contributed by atoms with Crippen LogP contribution in [0.25, 0.3) is 0 Å². The second kappa shape index (κ2) is 7.27. The first kappa shape index (κ1) is 16.3. The van der Waals surface area contributed by atoms with Gasteiger partial charge in [-0.2, -0.15) is 0 Å². The maximum absolute atomic E-state index is 11.8. The highest BCUT2D eigenvalue weighted by Crippen LogP contribution is 2.31. The van der Waals surface area contributed by atoms with Gasteiger partial charge < -0.3 is 15.2 Å². The van der Waals surface area contributed by atoms with E-state index in [1.165, 1.54) is 0 Å². The van der Waals surface area contributed by atoms with Crippen molar-refractivity contribution < 1.29 is 14.6 Å². The number of carbonyl (C=O) groups excluding carboxylic acids is 1. The second-order valence-corrected chi connectivity index (χ2v) is 6.86. The zero-order chi connectivity index (χ0) is 15.3. The van der Waals surface area contributed by atoms with Crippen LogP contribution in [0.1, 0.15) is 32.6 Å². The summed E-state index contributed by atoms with van der Waals surface area (Å²) in [6, 6.07) is 7.32. The molecule has 1 aromatic carbocycles. The third-order valence-electron chi connectivity index (χ3n) is 3.87. The molecule has 1 aliphatic rings. The first-order chi connectivity index (χ1) is 9.97. The highest BCUT2D eigenvalue weighted by molar-refractivity contribution is 9.10. The first-order valence-electron chi connectivity index (χ1n) is 7.34. The van der Waals surface area contributed by atoms with Crippen LogP contribution in [0.3, 0.4) is 0 Å². The number of ether oxygens (including phenoxy) is 1. The van der Waals surface area contributed by atoms with Gasteiger partial charge in [-0.15, -0.1) is 0 Å². The minimum atomic E-state index is -0.759. The fraction of sp³-hybridized carbons (Fsp3) is 0.562. The molecule has 0 aliphatic heterocycles. The number of benzene rings is 1. The summed E-state index contributed by atoms with van der Waals surface area (Å²) in [7, 11) is 0. The average molecular weight is 356 g/mol. The van der Waals surface area contributed by atoms with Crippen molar-refractivity contribution in [3.63, 3.8) is 0 Å². The van der Waals surface area contributed by atoms with Gasteiger partial charge in [-0.25, -0.2) is 0 Å². The van der Waals surface area contributed by atoms with Crippen molar-refractivity contribution in [1.82, 2.24) is 5.32 Å². The van der Waals surface area contributed by atoms with Crippen LogP contribution in [0.5, 0.6) is 5.75 Å². The molecule has 2 atom stereocenters. The lowest BCUT2D eigenvalue weighted by Gasteiger charge is -2.35. The number of hydrogen-bond donors (Lipinski definition) is 2. The molecule has 0 heterocycles. The van der Waals surface area contributed by atoms with Gasteiger partial charge in [0.1, 0.15) is 5.75 Å². The summed E-state index contributed by atoms with van der Waals surface area (Å²) in [6.45, 7) is 2.41. The van der Waals surface area contributed by atoms with E-state index in [4.69, 9.17) is 4.74 Å². The predicted octanol–water partition coefficient (Wildman–Crippen LogP) is 2.89. The maximum atomic E-state index is 11.8. The summed E-state index contributed by atoms with van der Waals surface area (Å²) in [5, 5.41) is 13.2. The molecule has 1 fully saturated rings. The van der Waals surface area contributed by atoms with E-state index in [1.54, 1.807) is 12.1 Å². The van der Waals surface area contributed by atoms with Crippen molar-refractivity contribution in [2.45, 2.75) is 38.2 Å². The summed E-state index contributed by atoms with van der Waals surface area (Å²) >= 11 is 3.34. The number of halogens is 1. The fourth-order valence-electron chi connectivity index (χ4n) is 2.79. The minimum Gasteiger partial charge on any atom is -0.484 e. The molecule has 1 aromatic rings. The molecule has 1 saturated carbocycles. The highest BCUT2D eigenvalue weighted by Gasteiger charge is 2.32.